The van der Waals surface area contributed by atoms with Gasteiger partial charge in [-0.15, -0.1) is 0 Å². The van der Waals surface area contributed by atoms with Gasteiger partial charge in [-0.3, -0.25) is 19.8 Å². The van der Waals surface area contributed by atoms with Crippen LogP contribution in [-0.4, -0.2) is 65.9 Å². The molecule has 28 heavy (non-hydrogen) atoms. The Balaban J connectivity index is 1.57. The largest absolute Gasteiger partial charge is 0.363 e. The number of nitrogens with zero attached hydrogens (tertiary/aromatic N) is 4. The molecule has 1 heterocycles. The maximum Gasteiger partial charge on any atom is 0.294 e. The Hall–Kier alpha value is -1.86. The van der Waals surface area contributed by atoms with E-state index < -0.39 is 0 Å². The molecule has 1 aromatic rings. The molecule has 0 radical (unpaired) electrons. The fourth-order valence-corrected chi connectivity index (χ4v) is 4.54. The topological polar surface area (TPSA) is 69.9 Å². The average molecular weight is 409 g/mol. The van der Waals surface area contributed by atoms with Crippen molar-refractivity contribution in [2.75, 3.05) is 44.2 Å². The van der Waals surface area contributed by atoms with Gasteiger partial charge in [-0.2, -0.15) is 0 Å². The van der Waals surface area contributed by atoms with Crippen LogP contribution in [0.4, 0.5) is 11.4 Å². The first-order chi connectivity index (χ1) is 13.5. The molecule has 1 amide bonds. The molecular weight excluding hydrogens is 380 g/mol. The van der Waals surface area contributed by atoms with E-state index >= 15 is 0 Å². The molecule has 3 rings (SSSR count). The highest BCUT2D eigenvalue weighted by molar-refractivity contribution is 6.30. The number of anilines is 1. The van der Waals surface area contributed by atoms with Crippen LogP contribution in [0, 0.1) is 10.1 Å². The van der Waals surface area contributed by atoms with Crippen molar-refractivity contribution in [3.8, 4) is 0 Å². The number of amides is 1. The van der Waals surface area contributed by atoms with E-state index in [1.807, 2.05) is 4.90 Å². The Morgan fingerprint density at radius 1 is 1.21 bits per heavy atom. The second-order valence-electron chi connectivity index (χ2n) is 7.62. The Morgan fingerprint density at radius 3 is 2.50 bits per heavy atom. The summed E-state index contributed by atoms with van der Waals surface area (Å²) in [6.45, 7) is 6.00. The van der Waals surface area contributed by atoms with Crippen LogP contribution in [0.1, 0.15) is 39.0 Å². The van der Waals surface area contributed by atoms with E-state index in [2.05, 4.69) is 16.7 Å². The molecule has 2 fully saturated rings. The summed E-state index contributed by atoms with van der Waals surface area (Å²) in [5, 5.41) is 11.7. The van der Waals surface area contributed by atoms with Crippen molar-refractivity contribution >= 4 is 28.9 Å². The lowest BCUT2D eigenvalue weighted by Crippen LogP contribution is -2.52. The van der Waals surface area contributed by atoms with Crippen LogP contribution in [0.5, 0.6) is 0 Å². The molecule has 8 heteroatoms. The number of carbonyl (C=O) groups excluding carboxylic acids is 1. The molecule has 7 nitrogen and oxygen atoms in total. The van der Waals surface area contributed by atoms with Gasteiger partial charge in [0.05, 0.1) is 11.5 Å². The number of hydrogen-bond donors (Lipinski definition) is 0. The smallest absolute Gasteiger partial charge is 0.294 e. The van der Waals surface area contributed by atoms with Gasteiger partial charge in [0.15, 0.2) is 0 Å². The lowest BCUT2D eigenvalue weighted by Gasteiger charge is -2.38. The Kier molecular flexibility index (Phi) is 7.13. The molecule has 1 saturated carbocycles. The summed E-state index contributed by atoms with van der Waals surface area (Å²) in [4.78, 5) is 30.0. The van der Waals surface area contributed by atoms with E-state index in [1.54, 1.807) is 12.1 Å². The first-order valence-electron chi connectivity index (χ1n) is 10.2. The van der Waals surface area contributed by atoms with Gasteiger partial charge in [0, 0.05) is 49.9 Å². The van der Waals surface area contributed by atoms with Gasteiger partial charge in [0.1, 0.15) is 5.69 Å². The molecule has 1 aliphatic heterocycles. The minimum atomic E-state index is -0.388. The number of nitro benzene ring substituents is 1. The Bertz CT molecular complexity index is 701. The third-order valence-electron chi connectivity index (χ3n) is 5.88. The molecule has 1 aliphatic carbocycles. The van der Waals surface area contributed by atoms with E-state index in [9.17, 15) is 14.9 Å². The molecule has 0 N–H and O–H groups in total. The summed E-state index contributed by atoms with van der Waals surface area (Å²) in [6, 6.07) is 5.19. The van der Waals surface area contributed by atoms with Crippen LogP contribution in [-0.2, 0) is 4.79 Å². The molecule has 1 aromatic carbocycles. The van der Waals surface area contributed by atoms with Crippen molar-refractivity contribution in [2.24, 2.45) is 0 Å². The predicted octanol–water partition coefficient (Wildman–Crippen LogP) is 3.55. The van der Waals surface area contributed by atoms with Crippen LogP contribution in [0.15, 0.2) is 18.2 Å². The molecule has 0 bridgehead atoms. The molecule has 0 unspecified atom stereocenters. The molecular formula is C20H29ClN4O3. The van der Waals surface area contributed by atoms with Crippen molar-refractivity contribution in [1.29, 1.82) is 0 Å². The molecule has 0 aromatic heterocycles. The van der Waals surface area contributed by atoms with E-state index in [0.717, 1.165) is 19.4 Å². The highest BCUT2D eigenvalue weighted by Gasteiger charge is 2.28. The number of nitro groups is 1. The minimum Gasteiger partial charge on any atom is -0.363 e. The monoisotopic (exact) mass is 408 g/mol. The van der Waals surface area contributed by atoms with Gasteiger partial charge in [-0.25, -0.2) is 0 Å². The highest BCUT2D eigenvalue weighted by atomic mass is 35.5. The highest BCUT2D eigenvalue weighted by Crippen LogP contribution is 2.31. The number of rotatable bonds is 6. The normalized spacial score (nSPS) is 18.9. The van der Waals surface area contributed by atoms with Crippen LogP contribution in [0.2, 0.25) is 5.02 Å². The summed E-state index contributed by atoms with van der Waals surface area (Å²) >= 11 is 5.91. The van der Waals surface area contributed by atoms with Crippen LogP contribution < -0.4 is 4.90 Å². The molecule has 2 aliphatic rings. The zero-order valence-electron chi connectivity index (χ0n) is 16.5. The Labute approximate surface area is 171 Å². The Morgan fingerprint density at radius 2 is 1.89 bits per heavy atom. The van der Waals surface area contributed by atoms with Gasteiger partial charge in [0.2, 0.25) is 5.91 Å². The molecule has 154 valence electrons. The summed E-state index contributed by atoms with van der Waals surface area (Å²) in [5.74, 6) is 0.209. The van der Waals surface area contributed by atoms with Gasteiger partial charge < -0.3 is 9.80 Å². The zero-order valence-corrected chi connectivity index (χ0v) is 17.2. The van der Waals surface area contributed by atoms with Crippen molar-refractivity contribution in [3.63, 3.8) is 0 Å². The van der Waals surface area contributed by atoms with Crippen molar-refractivity contribution in [1.82, 2.24) is 9.80 Å². The summed E-state index contributed by atoms with van der Waals surface area (Å²) in [6.07, 6.45) is 5.95. The number of likely N-dealkylation sites (N-methyl/N-ethyl adjacent to an activating group) is 1. The van der Waals surface area contributed by atoms with E-state index in [4.69, 9.17) is 11.6 Å². The van der Waals surface area contributed by atoms with Gasteiger partial charge in [-0.1, -0.05) is 30.9 Å². The number of halogens is 1. The average Bonchev–Trinajstić information content (AvgIpc) is 2.70. The van der Waals surface area contributed by atoms with Gasteiger partial charge in [-0.05, 0) is 31.9 Å². The van der Waals surface area contributed by atoms with Gasteiger partial charge >= 0.3 is 0 Å². The summed E-state index contributed by atoms with van der Waals surface area (Å²) in [5.41, 5.74) is 0.629. The van der Waals surface area contributed by atoms with Crippen LogP contribution >= 0.6 is 11.6 Å². The first-order valence-corrected chi connectivity index (χ1v) is 10.6. The van der Waals surface area contributed by atoms with Crippen LogP contribution in [0.25, 0.3) is 0 Å². The second-order valence-corrected chi connectivity index (χ2v) is 8.06. The predicted molar refractivity (Wildman–Crippen MR) is 111 cm³/mol. The fourth-order valence-electron chi connectivity index (χ4n) is 4.37. The van der Waals surface area contributed by atoms with E-state index in [0.29, 0.717) is 49.5 Å². The van der Waals surface area contributed by atoms with Crippen LogP contribution in [0.3, 0.4) is 0 Å². The lowest BCUT2D eigenvalue weighted by molar-refractivity contribution is -0.384. The summed E-state index contributed by atoms with van der Waals surface area (Å²) < 4.78 is 0. The number of hydrogen-bond acceptors (Lipinski definition) is 5. The third-order valence-corrected chi connectivity index (χ3v) is 6.12. The molecule has 1 saturated heterocycles. The standard InChI is InChI=1S/C20H29ClN4O3/c1-2-24(17-6-4-3-5-7-17)20(26)15-22-10-12-23(13-11-22)18-9-8-16(21)14-19(18)25(27)28/h8-9,14,17H,2-7,10-13,15H2,1H3. The maximum absolute atomic E-state index is 12.8. The molecule has 0 atom stereocenters. The minimum absolute atomic E-state index is 0.0338. The van der Waals surface area contributed by atoms with E-state index in [1.165, 1.54) is 25.3 Å². The molecule has 0 spiro atoms. The maximum atomic E-state index is 12.8. The fraction of sp³-hybridized carbons (Fsp3) is 0.650. The SMILES string of the molecule is CCN(C(=O)CN1CCN(c2ccc(Cl)cc2[N+](=O)[O-])CC1)C1CCCCC1. The third kappa shape index (κ3) is 4.94. The number of benzene rings is 1. The van der Waals surface area contributed by atoms with Crippen molar-refractivity contribution in [3.05, 3.63) is 33.3 Å². The van der Waals surface area contributed by atoms with Crippen molar-refractivity contribution < 1.29 is 9.72 Å². The number of carbonyl (C=O) groups is 1. The quantitative estimate of drug-likeness (QED) is 0.531. The first kappa shape index (κ1) is 20.9. The van der Waals surface area contributed by atoms with Crippen molar-refractivity contribution in [2.45, 2.75) is 45.1 Å². The number of piperazine rings is 1. The zero-order chi connectivity index (χ0) is 20.1. The van der Waals surface area contributed by atoms with Gasteiger partial charge in [0.25, 0.3) is 5.69 Å². The van der Waals surface area contributed by atoms with E-state index in [-0.39, 0.29) is 16.5 Å². The summed E-state index contributed by atoms with van der Waals surface area (Å²) in [7, 11) is 0. The second kappa shape index (κ2) is 9.56. The lowest BCUT2D eigenvalue weighted by atomic mass is 9.94.